The van der Waals surface area contributed by atoms with Crippen LogP contribution in [0.1, 0.15) is 18.1 Å². The van der Waals surface area contributed by atoms with Crippen LogP contribution in [-0.2, 0) is 20.6 Å². The van der Waals surface area contributed by atoms with Crippen LogP contribution in [0, 0.1) is 0 Å². The summed E-state index contributed by atoms with van der Waals surface area (Å²) in [5, 5.41) is 13.9. The summed E-state index contributed by atoms with van der Waals surface area (Å²) in [7, 11) is 3.05. The quantitative estimate of drug-likeness (QED) is 0.581. The van der Waals surface area contributed by atoms with Crippen molar-refractivity contribution in [2.24, 2.45) is 14.1 Å². The van der Waals surface area contributed by atoms with Crippen LogP contribution in [0.15, 0.2) is 40.2 Å². The van der Waals surface area contributed by atoms with Gasteiger partial charge in [-0.1, -0.05) is 29.8 Å². The van der Waals surface area contributed by atoms with Crippen molar-refractivity contribution in [2.75, 3.05) is 13.1 Å². The third-order valence-corrected chi connectivity index (χ3v) is 4.92. The molecule has 2 heterocycles. The molecule has 0 fully saturated rings. The molecule has 0 amide bonds. The maximum absolute atomic E-state index is 12.4. The molecule has 8 nitrogen and oxygen atoms in total. The van der Waals surface area contributed by atoms with Gasteiger partial charge in [0, 0.05) is 37.8 Å². The SMILES string of the molecule is Cn1c(=O)c2c(ncn2CCCNCC(O)c2ccccc2Cl)n(C)c1=O. The first-order chi connectivity index (χ1) is 12.9. The van der Waals surface area contributed by atoms with E-state index in [-0.39, 0.29) is 5.56 Å². The molecule has 0 radical (unpaired) electrons. The van der Waals surface area contributed by atoms with E-state index in [1.807, 2.05) is 12.1 Å². The lowest BCUT2D eigenvalue weighted by Crippen LogP contribution is -2.37. The van der Waals surface area contributed by atoms with Gasteiger partial charge in [0.15, 0.2) is 11.2 Å². The number of nitrogens with one attached hydrogen (secondary N) is 1. The standard InChI is InChI=1S/C18H22ClN5O3/c1-22-16-15(17(26)23(2)18(22)27)24(11-21-16)9-5-8-20-10-14(25)12-6-3-4-7-13(12)19/h3-4,6-7,11,14,20,25H,5,8-10H2,1-2H3. The number of aliphatic hydroxyl groups excluding tert-OH is 1. The van der Waals surface area contributed by atoms with Crippen molar-refractivity contribution in [3.8, 4) is 0 Å². The van der Waals surface area contributed by atoms with Crippen LogP contribution >= 0.6 is 11.6 Å². The number of hydrogen-bond acceptors (Lipinski definition) is 5. The Morgan fingerprint density at radius 1 is 1.22 bits per heavy atom. The number of aliphatic hydroxyl groups is 1. The maximum atomic E-state index is 12.4. The van der Waals surface area contributed by atoms with E-state index in [9.17, 15) is 14.7 Å². The van der Waals surface area contributed by atoms with Gasteiger partial charge in [0.1, 0.15) is 0 Å². The molecular formula is C18H22ClN5O3. The van der Waals surface area contributed by atoms with Gasteiger partial charge in [0.25, 0.3) is 5.56 Å². The highest BCUT2D eigenvalue weighted by molar-refractivity contribution is 6.31. The second-order valence-corrected chi connectivity index (χ2v) is 6.82. The summed E-state index contributed by atoms with van der Waals surface area (Å²) < 4.78 is 4.20. The number of rotatable bonds is 7. The van der Waals surface area contributed by atoms with Gasteiger partial charge in [0.2, 0.25) is 0 Å². The van der Waals surface area contributed by atoms with E-state index in [0.717, 1.165) is 11.0 Å². The van der Waals surface area contributed by atoms with Crippen LogP contribution in [0.25, 0.3) is 11.2 Å². The molecule has 144 valence electrons. The molecule has 0 spiro atoms. The highest BCUT2D eigenvalue weighted by Gasteiger charge is 2.14. The Morgan fingerprint density at radius 2 is 1.96 bits per heavy atom. The number of nitrogens with zero attached hydrogens (tertiary/aromatic N) is 4. The third-order valence-electron chi connectivity index (χ3n) is 4.57. The molecule has 2 N–H and O–H groups in total. The van der Waals surface area contributed by atoms with E-state index in [2.05, 4.69) is 10.3 Å². The fourth-order valence-electron chi connectivity index (χ4n) is 3.03. The van der Waals surface area contributed by atoms with E-state index in [1.54, 1.807) is 30.1 Å². The molecule has 0 bridgehead atoms. The lowest BCUT2D eigenvalue weighted by atomic mass is 10.1. The highest BCUT2D eigenvalue weighted by Crippen LogP contribution is 2.21. The van der Waals surface area contributed by atoms with E-state index in [0.29, 0.717) is 41.4 Å². The van der Waals surface area contributed by atoms with Gasteiger partial charge >= 0.3 is 5.69 Å². The maximum Gasteiger partial charge on any atom is 0.332 e. The molecule has 9 heteroatoms. The molecule has 0 aliphatic carbocycles. The first kappa shape index (κ1) is 19.3. The molecule has 0 aliphatic heterocycles. The monoisotopic (exact) mass is 391 g/mol. The zero-order chi connectivity index (χ0) is 19.6. The summed E-state index contributed by atoms with van der Waals surface area (Å²) in [6.45, 7) is 1.59. The molecule has 3 rings (SSSR count). The number of fused-ring (bicyclic) bond motifs is 1. The predicted octanol–water partition coefficient (Wildman–Crippen LogP) is 0.800. The smallest absolute Gasteiger partial charge is 0.332 e. The molecule has 27 heavy (non-hydrogen) atoms. The van der Waals surface area contributed by atoms with Crippen molar-refractivity contribution in [2.45, 2.75) is 19.1 Å². The molecular weight excluding hydrogens is 370 g/mol. The summed E-state index contributed by atoms with van der Waals surface area (Å²) in [5.74, 6) is 0. The van der Waals surface area contributed by atoms with Crippen molar-refractivity contribution in [1.82, 2.24) is 24.0 Å². The fourth-order valence-corrected chi connectivity index (χ4v) is 3.30. The topological polar surface area (TPSA) is 94.1 Å². The van der Waals surface area contributed by atoms with Crippen molar-refractivity contribution in [3.05, 3.63) is 62.0 Å². The second kappa shape index (κ2) is 8.08. The zero-order valence-electron chi connectivity index (χ0n) is 15.2. The Balaban J connectivity index is 1.60. The number of hydrogen-bond donors (Lipinski definition) is 2. The third kappa shape index (κ3) is 3.83. The minimum absolute atomic E-state index is 0.354. The van der Waals surface area contributed by atoms with Crippen molar-refractivity contribution in [1.29, 1.82) is 0 Å². The van der Waals surface area contributed by atoms with E-state index < -0.39 is 11.8 Å². The number of halogens is 1. The summed E-state index contributed by atoms with van der Waals surface area (Å²) in [4.78, 5) is 28.5. The van der Waals surface area contributed by atoms with Gasteiger partial charge in [-0.05, 0) is 19.0 Å². The van der Waals surface area contributed by atoms with Gasteiger partial charge in [-0.15, -0.1) is 0 Å². The molecule has 1 unspecified atom stereocenters. The van der Waals surface area contributed by atoms with Crippen LogP contribution in [0.5, 0.6) is 0 Å². The second-order valence-electron chi connectivity index (χ2n) is 6.41. The normalized spacial score (nSPS) is 12.6. The molecule has 0 saturated carbocycles. The Hall–Kier alpha value is -2.42. The Kier molecular flexibility index (Phi) is 5.79. The first-order valence-corrected chi connectivity index (χ1v) is 9.03. The Morgan fingerprint density at radius 3 is 2.70 bits per heavy atom. The average Bonchev–Trinajstić information content (AvgIpc) is 3.08. The van der Waals surface area contributed by atoms with Gasteiger partial charge in [0.05, 0.1) is 12.4 Å². The summed E-state index contributed by atoms with van der Waals surface area (Å²) in [5.41, 5.74) is 0.735. The van der Waals surface area contributed by atoms with E-state index >= 15 is 0 Å². The van der Waals surface area contributed by atoms with E-state index in [1.165, 1.54) is 11.6 Å². The minimum Gasteiger partial charge on any atom is -0.387 e. The van der Waals surface area contributed by atoms with Crippen molar-refractivity contribution < 1.29 is 5.11 Å². The van der Waals surface area contributed by atoms with Gasteiger partial charge in [-0.3, -0.25) is 13.9 Å². The van der Waals surface area contributed by atoms with Gasteiger partial charge in [-0.25, -0.2) is 9.78 Å². The number of benzene rings is 1. The minimum atomic E-state index is -0.686. The molecule has 2 aromatic heterocycles. The van der Waals surface area contributed by atoms with Gasteiger partial charge in [-0.2, -0.15) is 0 Å². The largest absolute Gasteiger partial charge is 0.387 e. The molecule has 3 aromatic rings. The van der Waals surface area contributed by atoms with Crippen LogP contribution < -0.4 is 16.6 Å². The van der Waals surface area contributed by atoms with Crippen LogP contribution in [-0.4, -0.2) is 36.9 Å². The molecule has 0 saturated heterocycles. The Labute approximate surface area is 160 Å². The molecule has 0 aliphatic rings. The predicted molar refractivity (Wildman–Crippen MR) is 104 cm³/mol. The lowest BCUT2D eigenvalue weighted by molar-refractivity contribution is 0.174. The van der Waals surface area contributed by atoms with Crippen LogP contribution in [0.4, 0.5) is 0 Å². The lowest BCUT2D eigenvalue weighted by Gasteiger charge is -2.13. The first-order valence-electron chi connectivity index (χ1n) is 8.66. The summed E-state index contributed by atoms with van der Waals surface area (Å²) in [6.07, 6.45) is 1.62. The number of aryl methyl sites for hydroxylation is 2. The van der Waals surface area contributed by atoms with Gasteiger partial charge < -0.3 is 15.0 Å². The fraction of sp³-hybridized carbons (Fsp3) is 0.389. The number of imidazole rings is 1. The molecule has 1 atom stereocenters. The zero-order valence-corrected chi connectivity index (χ0v) is 16.0. The van der Waals surface area contributed by atoms with E-state index in [4.69, 9.17) is 11.6 Å². The average molecular weight is 392 g/mol. The molecule has 1 aromatic carbocycles. The highest BCUT2D eigenvalue weighted by atomic mass is 35.5. The summed E-state index contributed by atoms with van der Waals surface area (Å²) in [6, 6.07) is 7.20. The van der Waals surface area contributed by atoms with Crippen LogP contribution in [0.2, 0.25) is 5.02 Å². The van der Waals surface area contributed by atoms with Crippen molar-refractivity contribution in [3.63, 3.8) is 0 Å². The Bertz CT molecular complexity index is 1070. The van der Waals surface area contributed by atoms with Crippen molar-refractivity contribution >= 4 is 22.8 Å². The van der Waals surface area contributed by atoms with Crippen LogP contribution in [0.3, 0.4) is 0 Å². The summed E-state index contributed by atoms with van der Waals surface area (Å²) >= 11 is 6.08. The number of aromatic nitrogens is 4.